The third-order valence-electron chi connectivity index (χ3n) is 12.4. The van der Waals surface area contributed by atoms with E-state index in [2.05, 4.69) is 44.3 Å². The number of alkyl halides is 3. The van der Waals surface area contributed by atoms with E-state index >= 15 is 0 Å². The fraction of sp³-hybridized carbons (Fsp3) is 0.476. The first kappa shape index (κ1) is 37.6. The van der Waals surface area contributed by atoms with E-state index in [1.807, 2.05) is 17.0 Å². The molecule has 1 atom stereocenters. The molecule has 0 radical (unpaired) electrons. The van der Waals surface area contributed by atoms with Crippen molar-refractivity contribution >= 4 is 34.8 Å². The van der Waals surface area contributed by atoms with Crippen LogP contribution < -0.4 is 24.8 Å². The molecule has 294 valence electrons. The maximum Gasteiger partial charge on any atom is 0.417 e. The molecular weight excluding hydrogens is 724 g/mol. The molecule has 0 bridgehead atoms. The number of rotatable bonds is 9. The number of benzene rings is 3. The Morgan fingerprint density at radius 3 is 2.20 bits per heavy atom. The highest BCUT2D eigenvalue weighted by Gasteiger charge is 2.41. The van der Waals surface area contributed by atoms with Crippen LogP contribution in [0.2, 0.25) is 0 Å². The first-order valence-corrected chi connectivity index (χ1v) is 19.5. The molecule has 3 aromatic carbocycles. The van der Waals surface area contributed by atoms with Crippen molar-refractivity contribution in [1.29, 1.82) is 5.26 Å². The van der Waals surface area contributed by atoms with Gasteiger partial charge in [0.2, 0.25) is 11.8 Å². The highest BCUT2D eigenvalue weighted by molar-refractivity contribution is 6.06. The molecule has 4 saturated heterocycles. The quantitative estimate of drug-likeness (QED) is 0.287. The molecule has 0 aliphatic carbocycles. The minimum Gasteiger partial charge on any atom is -0.496 e. The van der Waals surface area contributed by atoms with E-state index in [1.165, 1.54) is 17.3 Å². The number of ether oxygens (including phenoxy) is 1. The first-order valence-electron chi connectivity index (χ1n) is 19.5. The lowest BCUT2D eigenvalue weighted by atomic mass is 9.88. The van der Waals surface area contributed by atoms with Crippen molar-refractivity contribution in [1.82, 2.24) is 15.1 Å². The van der Waals surface area contributed by atoms with Crippen LogP contribution in [0.25, 0.3) is 0 Å². The minimum atomic E-state index is -4.56. The van der Waals surface area contributed by atoms with Gasteiger partial charge in [0.05, 0.1) is 29.9 Å². The van der Waals surface area contributed by atoms with Crippen LogP contribution in [0.5, 0.6) is 5.75 Å². The maximum atomic E-state index is 13.5. The minimum absolute atomic E-state index is 0.216. The smallest absolute Gasteiger partial charge is 0.417 e. The number of nitriles is 1. The van der Waals surface area contributed by atoms with Gasteiger partial charge in [0.1, 0.15) is 11.8 Å². The zero-order valence-corrected chi connectivity index (χ0v) is 31.5. The Morgan fingerprint density at radius 2 is 1.54 bits per heavy atom. The molecule has 0 spiro atoms. The van der Waals surface area contributed by atoms with Gasteiger partial charge in [-0.1, -0.05) is 12.1 Å². The zero-order valence-electron chi connectivity index (χ0n) is 31.5. The number of nitrogens with zero attached hydrogens (tertiary/aromatic N) is 6. The van der Waals surface area contributed by atoms with Gasteiger partial charge in [-0.05, 0) is 91.6 Å². The Bertz CT molecular complexity index is 2030. The van der Waals surface area contributed by atoms with Crippen LogP contribution in [0, 0.1) is 17.2 Å². The third kappa shape index (κ3) is 7.48. The number of anilines is 3. The Kier molecular flexibility index (Phi) is 10.3. The van der Waals surface area contributed by atoms with Crippen molar-refractivity contribution in [3.63, 3.8) is 0 Å². The molecule has 3 aromatic rings. The maximum absolute atomic E-state index is 13.5. The van der Waals surface area contributed by atoms with Crippen molar-refractivity contribution < 1.29 is 32.3 Å². The lowest BCUT2D eigenvalue weighted by Crippen LogP contribution is -2.52. The number of halogens is 3. The molecule has 0 aromatic heterocycles. The highest BCUT2D eigenvalue weighted by atomic mass is 19.4. The summed E-state index contributed by atoms with van der Waals surface area (Å²) in [6, 6.07) is 17.8. The summed E-state index contributed by atoms with van der Waals surface area (Å²) >= 11 is 0. The Labute approximate surface area is 324 Å². The summed E-state index contributed by atoms with van der Waals surface area (Å²) in [4.78, 5) is 48.4. The zero-order chi connectivity index (χ0) is 39.1. The van der Waals surface area contributed by atoms with E-state index in [1.54, 1.807) is 24.1 Å². The second kappa shape index (κ2) is 15.3. The number of piperidine rings is 2. The molecule has 11 nitrogen and oxygen atoms in total. The lowest BCUT2D eigenvalue weighted by Gasteiger charge is -2.43. The number of carbonyl (C=O) groups excluding carboxylic acids is 3. The van der Waals surface area contributed by atoms with Crippen LogP contribution in [0.1, 0.15) is 70.6 Å². The van der Waals surface area contributed by atoms with E-state index in [-0.39, 0.29) is 23.8 Å². The monoisotopic (exact) mass is 769 g/mol. The summed E-state index contributed by atoms with van der Waals surface area (Å²) in [6.45, 7) is 8.37. The molecule has 1 unspecified atom stereocenters. The van der Waals surface area contributed by atoms with Crippen LogP contribution in [0.4, 0.5) is 30.2 Å². The molecule has 8 rings (SSSR count). The molecular formula is C42H46F3N7O4. The number of piperazine rings is 1. The standard InChI is InChI=1S/C42H46F3N7O4/c1-56-37-22-34(20-31-26-52(41(55)39(31)37)36-8-9-38(53)47-40(36)54)50-18-16-48(17-19-50)13-10-27-24-51(25-27)32-5-2-28(3-6-32)29-11-14-49(15-12-29)33-7-4-30(23-46)35(21-33)42(43,44)45/h2-7,20-22,27,29,36H,8-19,24-26H2,1H3,(H,47,53,54). The number of amides is 3. The summed E-state index contributed by atoms with van der Waals surface area (Å²) < 4.78 is 46.2. The van der Waals surface area contributed by atoms with Gasteiger partial charge in [-0.25, -0.2) is 0 Å². The average molecular weight is 770 g/mol. The van der Waals surface area contributed by atoms with Crippen LogP contribution in [-0.4, -0.2) is 99.6 Å². The largest absolute Gasteiger partial charge is 0.496 e. The second-order valence-corrected chi connectivity index (χ2v) is 15.7. The van der Waals surface area contributed by atoms with Gasteiger partial charge in [-0.2, -0.15) is 18.4 Å². The van der Waals surface area contributed by atoms with Crippen molar-refractivity contribution in [2.24, 2.45) is 5.92 Å². The summed E-state index contributed by atoms with van der Waals surface area (Å²) in [7, 11) is 1.56. The number of hydrogen-bond donors (Lipinski definition) is 1. The molecule has 14 heteroatoms. The lowest BCUT2D eigenvalue weighted by molar-refractivity contribution is -0.138. The first-order chi connectivity index (χ1) is 27.0. The van der Waals surface area contributed by atoms with Crippen LogP contribution in [0.15, 0.2) is 54.6 Å². The second-order valence-electron chi connectivity index (χ2n) is 15.7. The molecule has 1 N–H and O–H groups in total. The normalized spacial score (nSPS) is 21.2. The molecule has 5 heterocycles. The van der Waals surface area contributed by atoms with Crippen LogP contribution in [-0.2, 0) is 22.3 Å². The van der Waals surface area contributed by atoms with E-state index < -0.39 is 23.7 Å². The number of hydrogen-bond acceptors (Lipinski definition) is 9. The van der Waals surface area contributed by atoms with E-state index in [9.17, 15) is 27.6 Å². The molecule has 5 aliphatic rings. The van der Waals surface area contributed by atoms with Gasteiger partial charge < -0.3 is 24.3 Å². The van der Waals surface area contributed by atoms with Crippen molar-refractivity contribution in [3.05, 3.63) is 82.4 Å². The Hall–Kier alpha value is -5.29. The van der Waals surface area contributed by atoms with Gasteiger partial charge in [0, 0.05) is 88.5 Å². The average Bonchev–Trinajstić information content (AvgIpc) is 3.52. The SMILES string of the molecule is COc1cc(N2CCN(CCC3CN(c4ccc(C5CCN(c6ccc(C#N)c(C(F)(F)F)c6)CC5)cc4)C3)CC2)cc2c1C(=O)N(C1CCC(=O)NC1=O)C2. The van der Waals surface area contributed by atoms with E-state index in [0.29, 0.717) is 54.9 Å². The van der Waals surface area contributed by atoms with Gasteiger partial charge in [0.15, 0.2) is 0 Å². The number of imide groups is 1. The summed E-state index contributed by atoms with van der Waals surface area (Å²) in [6.07, 6.45) is -1.17. The predicted octanol–water partition coefficient (Wildman–Crippen LogP) is 5.38. The molecule has 56 heavy (non-hydrogen) atoms. The van der Waals surface area contributed by atoms with Gasteiger partial charge in [-0.15, -0.1) is 0 Å². The van der Waals surface area contributed by atoms with Crippen LogP contribution >= 0.6 is 0 Å². The number of carbonyl (C=O) groups is 3. The predicted molar refractivity (Wildman–Crippen MR) is 205 cm³/mol. The number of methoxy groups -OCH3 is 1. The van der Waals surface area contributed by atoms with Gasteiger partial charge in [0.25, 0.3) is 5.91 Å². The van der Waals surface area contributed by atoms with Crippen molar-refractivity contribution in [2.45, 2.75) is 56.8 Å². The van der Waals surface area contributed by atoms with Gasteiger partial charge >= 0.3 is 6.18 Å². The summed E-state index contributed by atoms with van der Waals surface area (Å²) in [5.74, 6) is 0.548. The van der Waals surface area contributed by atoms with E-state index in [4.69, 9.17) is 10.00 Å². The molecule has 5 aliphatic heterocycles. The number of nitrogens with one attached hydrogen (secondary N) is 1. The van der Waals surface area contributed by atoms with Crippen molar-refractivity contribution in [2.75, 3.05) is 80.7 Å². The Balaban J connectivity index is 0.774. The van der Waals surface area contributed by atoms with Crippen LogP contribution in [0.3, 0.4) is 0 Å². The topological polar surface area (TPSA) is 112 Å². The third-order valence-corrected chi connectivity index (χ3v) is 12.4. The Morgan fingerprint density at radius 1 is 0.839 bits per heavy atom. The molecule has 0 saturated carbocycles. The number of fused-ring (bicyclic) bond motifs is 1. The van der Waals surface area contributed by atoms with Gasteiger partial charge in [-0.3, -0.25) is 24.6 Å². The van der Waals surface area contributed by atoms with Crippen molar-refractivity contribution in [3.8, 4) is 11.8 Å². The summed E-state index contributed by atoms with van der Waals surface area (Å²) in [5, 5.41) is 11.5. The fourth-order valence-electron chi connectivity index (χ4n) is 9.05. The molecule has 3 amide bonds. The fourth-order valence-corrected chi connectivity index (χ4v) is 9.05. The molecule has 4 fully saturated rings. The summed E-state index contributed by atoms with van der Waals surface area (Å²) in [5.41, 5.74) is 4.13. The van der Waals surface area contributed by atoms with E-state index in [0.717, 1.165) is 82.4 Å². The highest BCUT2D eigenvalue weighted by Crippen LogP contribution is 2.39.